The van der Waals surface area contributed by atoms with Gasteiger partial charge in [0.25, 0.3) is 0 Å². The second-order valence-corrected chi connectivity index (χ2v) is 8.17. The van der Waals surface area contributed by atoms with Gasteiger partial charge in [-0.25, -0.2) is 9.78 Å². The van der Waals surface area contributed by atoms with Crippen LogP contribution in [0.4, 0.5) is 10.6 Å². The van der Waals surface area contributed by atoms with Crippen molar-refractivity contribution >= 4 is 29.1 Å². The maximum absolute atomic E-state index is 11.6. The van der Waals surface area contributed by atoms with Crippen molar-refractivity contribution in [2.45, 2.75) is 45.7 Å². The van der Waals surface area contributed by atoms with Gasteiger partial charge in [0.2, 0.25) is 0 Å². The fourth-order valence-corrected chi connectivity index (χ4v) is 3.78. The van der Waals surface area contributed by atoms with Crippen molar-refractivity contribution in [2.24, 2.45) is 5.41 Å². The maximum Gasteiger partial charge on any atom is 0.407 e. The quantitative estimate of drug-likeness (QED) is 0.834. The zero-order chi connectivity index (χ0) is 19.6. The van der Waals surface area contributed by atoms with Crippen molar-refractivity contribution < 1.29 is 14.3 Å². The summed E-state index contributed by atoms with van der Waals surface area (Å²) in [6.45, 7) is 7.44. The highest BCUT2D eigenvalue weighted by molar-refractivity contribution is 5.87. The Labute approximate surface area is 159 Å². The number of aromatic nitrogens is 1. The largest absolute Gasteiger partial charge is 0.453 e. The third kappa shape index (κ3) is 4.21. The van der Waals surface area contributed by atoms with Gasteiger partial charge in [0.05, 0.1) is 12.6 Å². The molecule has 0 bridgehead atoms. The molecule has 1 aromatic heterocycles. The zero-order valence-corrected chi connectivity index (χ0v) is 16.4. The number of aldehydes is 1. The standard InChI is InChI=1S/C21H27N3O3/c1-21(2,3)18-12-16(22-20(26)27-4)9-10-24(18)19-8-6-15-11-14(13-25)5-7-17(15)23-19/h5-8,11,13,16,18H,9-10,12H2,1-4H3,(H,22,26). The number of hydrogen-bond acceptors (Lipinski definition) is 5. The topological polar surface area (TPSA) is 71.5 Å². The lowest BCUT2D eigenvalue weighted by atomic mass is 9.79. The minimum absolute atomic E-state index is 0.0223. The zero-order valence-electron chi connectivity index (χ0n) is 16.4. The van der Waals surface area contributed by atoms with E-state index in [1.807, 2.05) is 24.3 Å². The molecule has 144 valence electrons. The Morgan fingerprint density at radius 3 is 2.74 bits per heavy atom. The molecule has 0 radical (unpaired) electrons. The summed E-state index contributed by atoms with van der Waals surface area (Å²) < 4.78 is 4.75. The summed E-state index contributed by atoms with van der Waals surface area (Å²) in [5.41, 5.74) is 1.55. The van der Waals surface area contributed by atoms with Gasteiger partial charge in [0.15, 0.2) is 0 Å². The molecule has 0 spiro atoms. The van der Waals surface area contributed by atoms with E-state index in [9.17, 15) is 9.59 Å². The van der Waals surface area contributed by atoms with E-state index < -0.39 is 0 Å². The highest BCUT2D eigenvalue weighted by atomic mass is 16.5. The van der Waals surface area contributed by atoms with Crippen LogP contribution >= 0.6 is 0 Å². The first-order valence-electron chi connectivity index (χ1n) is 9.29. The Kier molecular flexibility index (Phi) is 5.35. The van der Waals surface area contributed by atoms with Gasteiger partial charge in [-0.2, -0.15) is 0 Å². The Morgan fingerprint density at radius 2 is 2.07 bits per heavy atom. The van der Waals surface area contributed by atoms with E-state index in [2.05, 4.69) is 31.0 Å². The van der Waals surface area contributed by atoms with Crippen LogP contribution in [0, 0.1) is 5.41 Å². The number of alkyl carbamates (subject to hydrolysis) is 1. The second-order valence-electron chi connectivity index (χ2n) is 8.17. The average molecular weight is 369 g/mol. The average Bonchev–Trinajstić information content (AvgIpc) is 2.66. The van der Waals surface area contributed by atoms with E-state index in [4.69, 9.17) is 9.72 Å². The van der Waals surface area contributed by atoms with Crippen LogP contribution in [-0.4, -0.2) is 43.1 Å². The molecule has 1 aliphatic heterocycles. The number of methoxy groups -OCH3 is 1. The second kappa shape index (κ2) is 7.55. The van der Waals surface area contributed by atoms with Crippen molar-refractivity contribution in [3.8, 4) is 0 Å². The van der Waals surface area contributed by atoms with Gasteiger partial charge in [0.1, 0.15) is 12.1 Å². The number of amides is 1. The molecule has 2 atom stereocenters. The predicted octanol–water partition coefficient (Wildman–Crippen LogP) is 3.79. The van der Waals surface area contributed by atoms with Gasteiger partial charge in [-0.15, -0.1) is 0 Å². The summed E-state index contributed by atoms with van der Waals surface area (Å²) in [4.78, 5) is 29.8. The molecule has 1 N–H and O–H groups in total. The molecule has 1 aromatic carbocycles. The fourth-order valence-electron chi connectivity index (χ4n) is 3.78. The number of rotatable bonds is 3. The molecule has 2 heterocycles. The van der Waals surface area contributed by atoms with E-state index >= 15 is 0 Å². The van der Waals surface area contributed by atoms with Crippen molar-refractivity contribution in [2.75, 3.05) is 18.6 Å². The van der Waals surface area contributed by atoms with Crippen molar-refractivity contribution in [3.05, 3.63) is 35.9 Å². The van der Waals surface area contributed by atoms with Crippen LogP contribution in [0.1, 0.15) is 44.0 Å². The van der Waals surface area contributed by atoms with Crippen LogP contribution in [0.25, 0.3) is 10.9 Å². The number of nitrogens with zero attached hydrogens (tertiary/aromatic N) is 2. The summed E-state index contributed by atoms with van der Waals surface area (Å²) in [5, 5.41) is 3.90. The van der Waals surface area contributed by atoms with E-state index in [1.54, 1.807) is 6.07 Å². The molecule has 27 heavy (non-hydrogen) atoms. The number of nitrogens with one attached hydrogen (secondary N) is 1. The Morgan fingerprint density at radius 1 is 1.30 bits per heavy atom. The number of ether oxygens (including phenoxy) is 1. The summed E-state index contributed by atoms with van der Waals surface area (Å²) in [7, 11) is 1.39. The first-order valence-corrected chi connectivity index (χ1v) is 9.29. The first-order chi connectivity index (χ1) is 12.8. The normalized spacial score (nSPS) is 20.4. The number of piperidine rings is 1. The first kappa shape index (κ1) is 19.1. The van der Waals surface area contributed by atoms with Gasteiger partial charge >= 0.3 is 6.09 Å². The molecule has 6 nitrogen and oxygen atoms in total. The van der Waals surface area contributed by atoms with Gasteiger partial charge in [-0.1, -0.05) is 20.8 Å². The molecule has 1 saturated heterocycles. The number of hydrogen-bond donors (Lipinski definition) is 1. The van der Waals surface area contributed by atoms with Crippen molar-refractivity contribution in [1.29, 1.82) is 0 Å². The number of benzene rings is 1. The fraction of sp³-hybridized carbons (Fsp3) is 0.476. The van der Waals surface area contributed by atoms with E-state index in [0.29, 0.717) is 5.56 Å². The Bertz CT molecular complexity index is 844. The van der Waals surface area contributed by atoms with Crippen molar-refractivity contribution in [3.63, 3.8) is 0 Å². The molecular weight excluding hydrogens is 342 g/mol. The number of carbonyl (C=O) groups is 2. The number of carbonyl (C=O) groups excluding carboxylic acids is 2. The summed E-state index contributed by atoms with van der Waals surface area (Å²) in [6.07, 6.45) is 2.14. The van der Waals surface area contributed by atoms with Gasteiger partial charge in [-0.05, 0) is 48.6 Å². The summed E-state index contributed by atoms with van der Waals surface area (Å²) >= 11 is 0. The van der Waals surface area contributed by atoms with Gasteiger partial charge in [-0.3, -0.25) is 4.79 Å². The van der Waals surface area contributed by atoms with Crippen LogP contribution in [0.5, 0.6) is 0 Å². The Hall–Kier alpha value is -2.63. The molecule has 2 unspecified atom stereocenters. The van der Waals surface area contributed by atoms with E-state index in [1.165, 1.54) is 7.11 Å². The Balaban J connectivity index is 1.88. The molecule has 3 rings (SSSR count). The molecule has 2 aromatic rings. The smallest absolute Gasteiger partial charge is 0.407 e. The lowest BCUT2D eigenvalue weighted by Crippen LogP contribution is -2.55. The molecule has 1 aliphatic rings. The lowest BCUT2D eigenvalue weighted by Gasteiger charge is -2.46. The third-order valence-corrected chi connectivity index (χ3v) is 5.24. The maximum atomic E-state index is 11.6. The van der Waals surface area contributed by atoms with E-state index in [-0.39, 0.29) is 23.6 Å². The minimum Gasteiger partial charge on any atom is -0.453 e. The van der Waals surface area contributed by atoms with Crippen LogP contribution < -0.4 is 10.2 Å². The highest BCUT2D eigenvalue weighted by Crippen LogP contribution is 2.35. The molecule has 0 saturated carbocycles. The number of anilines is 1. The SMILES string of the molecule is COC(=O)NC1CCN(c2ccc3cc(C=O)ccc3n2)C(C(C)(C)C)C1. The van der Waals surface area contributed by atoms with Crippen LogP contribution in [0.3, 0.4) is 0 Å². The predicted molar refractivity (Wildman–Crippen MR) is 106 cm³/mol. The summed E-state index contributed by atoms with van der Waals surface area (Å²) in [6, 6.07) is 9.89. The molecule has 1 fully saturated rings. The van der Waals surface area contributed by atoms with E-state index in [0.717, 1.165) is 42.4 Å². The van der Waals surface area contributed by atoms with Crippen molar-refractivity contribution in [1.82, 2.24) is 10.3 Å². The van der Waals surface area contributed by atoms with Gasteiger partial charge in [0, 0.05) is 29.6 Å². The van der Waals surface area contributed by atoms with Crippen LogP contribution in [-0.2, 0) is 4.74 Å². The monoisotopic (exact) mass is 369 g/mol. The highest BCUT2D eigenvalue weighted by Gasteiger charge is 2.37. The third-order valence-electron chi connectivity index (χ3n) is 5.24. The van der Waals surface area contributed by atoms with Crippen LogP contribution in [0.15, 0.2) is 30.3 Å². The number of pyridine rings is 1. The molecular formula is C21H27N3O3. The molecule has 6 heteroatoms. The minimum atomic E-state index is -0.379. The molecule has 1 amide bonds. The summed E-state index contributed by atoms with van der Waals surface area (Å²) in [5.74, 6) is 0.929. The molecule has 0 aliphatic carbocycles. The van der Waals surface area contributed by atoms with Gasteiger partial charge < -0.3 is 15.0 Å². The number of fused-ring (bicyclic) bond motifs is 1. The lowest BCUT2D eigenvalue weighted by molar-refractivity contribution is 0.112. The van der Waals surface area contributed by atoms with Crippen LogP contribution in [0.2, 0.25) is 0 Å².